The fraction of sp³-hybridized carbons (Fsp3) is 0.864. The third kappa shape index (κ3) is 2.85. The lowest BCUT2D eigenvalue weighted by molar-refractivity contribution is -0.385. The molecule has 0 radical (unpaired) electrons. The Labute approximate surface area is 171 Å². The van der Waals surface area contributed by atoms with Crippen LogP contribution in [0, 0.1) is 11.8 Å². The van der Waals surface area contributed by atoms with Gasteiger partial charge in [-0.1, -0.05) is 32.6 Å². The van der Waals surface area contributed by atoms with Crippen LogP contribution in [0.3, 0.4) is 0 Å². The molecule has 8 unspecified atom stereocenters. The molecule has 1 saturated carbocycles. The summed E-state index contributed by atoms with van der Waals surface area (Å²) in [6.45, 7) is 2.18. The zero-order chi connectivity index (χ0) is 20.4. The van der Waals surface area contributed by atoms with Gasteiger partial charge in [-0.05, 0) is 25.7 Å². The maximum Gasteiger partial charge on any atom is 0.242 e. The number of ketones is 1. The summed E-state index contributed by atoms with van der Waals surface area (Å²) in [5, 5.41) is 32.3. The summed E-state index contributed by atoms with van der Waals surface area (Å²) in [7, 11) is 0. The second-order valence-electron chi connectivity index (χ2n) is 9.46. The molecular formula is C22H32O7. The van der Waals surface area contributed by atoms with Gasteiger partial charge in [-0.3, -0.25) is 4.79 Å². The smallest absolute Gasteiger partial charge is 0.242 e. The summed E-state index contributed by atoms with van der Waals surface area (Å²) in [4.78, 5) is 12.9. The van der Waals surface area contributed by atoms with E-state index in [9.17, 15) is 20.1 Å². The molecule has 7 nitrogen and oxygen atoms in total. The molecule has 5 rings (SSSR count). The number of Topliss-reactive ketones (excluding diaryl/α,β-unsaturated/α-hetero) is 1. The van der Waals surface area contributed by atoms with Gasteiger partial charge in [0.05, 0.1) is 18.1 Å². The molecule has 3 N–H and O–H groups in total. The van der Waals surface area contributed by atoms with Crippen LogP contribution >= 0.6 is 0 Å². The van der Waals surface area contributed by atoms with E-state index in [2.05, 4.69) is 6.92 Å². The second kappa shape index (κ2) is 7.02. The van der Waals surface area contributed by atoms with Crippen molar-refractivity contribution in [2.75, 3.05) is 0 Å². The molecule has 3 aliphatic heterocycles. The summed E-state index contributed by atoms with van der Waals surface area (Å²) in [6, 6.07) is 0. The fourth-order valence-corrected chi connectivity index (χ4v) is 6.34. The van der Waals surface area contributed by atoms with E-state index in [0.29, 0.717) is 37.0 Å². The number of rotatable bonds is 5. The van der Waals surface area contributed by atoms with E-state index in [0.717, 1.165) is 19.3 Å². The number of hydrogen-bond acceptors (Lipinski definition) is 7. The van der Waals surface area contributed by atoms with Crippen LogP contribution in [0.1, 0.15) is 71.1 Å². The van der Waals surface area contributed by atoms with E-state index in [-0.39, 0.29) is 30.3 Å². The van der Waals surface area contributed by atoms with E-state index in [1.165, 1.54) is 12.8 Å². The van der Waals surface area contributed by atoms with Gasteiger partial charge in [0, 0.05) is 24.3 Å². The van der Waals surface area contributed by atoms with Crippen molar-refractivity contribution in [1.29, 1.82) is 0 Å². The van der Waals surface area contributed by atoms with Crippen molar-refractivity contribution < 1.29 is 34.3 Å². The number of carbonyl (C=O) groups is 1. The first kappa shape index (κ1) is 19.9. The van der Waals surface area contributed by atoms with Gasteiger partial charge in [-0.15, -0.1) is 0 Å². The minimum atomic E-state index is -1.83. The predicted octanol–water partition coefficient (Wildman–Crippen LogP) is 1.92. The number of unbranched alkanes of at least 4 members (excludes halogenated alkanes) is 3. The molecule has 3 heterocycles. The third-order valence-electron chi connectivity index (χ3n) is 7.68. The highest BCUT2D eigenvalue weighted by molar-refractivity contribution is 6.00. The number of aliphatic hydroxyl groups is 3. The monoisotopic (exact) mass is 408 g/mol. The maximum absolute atomic E-state index is 12.9. The first-order valence-corrected chi connectivity index (χ1v) is 11.3. The molecule has 2 bridgehead atoms. The average Bonchev–Trinajstić information content (AvgIpc) is 2.96. The quantitative estimate of drug-likeness (QED) is 0.597. The van der Waals surface area contributed by atoms with Crippen LogP contribution in [0.2, 0.25) is 0 Å². The Morgan fingerprint density at radius 1 is 1.14 bits per heavy atom. The lowest BCUT2D eigenvalue weighted by Crippen LogP contribution is -2.69. The minimum Gasteiger partial charge on any atom is -0.463 e. The van der Waals surface area contributed by atoms with Gasteiger partial charge >= 0.3 is 0 Å². The zero-order valence-electron chi connectivity index (χ0n) is 17.0. The van der Waals surface area contributed by atoms with Crippen LogP contribution in [0.25, 0.3) is 0 Å². The van der Waals surface area contributed by atoms with Crippen molar-refractivity contribution in [2.24, 2.45) is 11.8 Å². The van der Waals surface area contributed by atoms with Crippen LogP contribution in [-0.4, -0.2) is 57.1 Å². The number of allylic oxidation sites excluding steroid dienone is 1. The zero-order valence-corrected chi connectivity index (χ0v) is 17.0. The van der Waals surface area contributed by atoms with Crippen LogP contribution in [0.5, 0.6) is 0 Å². The molecule has 0 aromatic heterocycles. The molecule has 0 amide bonds. The Kier molecular flexibility index (Phi) is 4.83. The highest BCUT2D eigenvalue weighted by atomic mass is 16.8. The number of aliphatic hydroxyl groups excluding tert-OH is 2. The Hall–Kier alpha value is -0.990. The third-order valence-corrected chi connectivity index (χ3v) is 7.68. The molecule has 3 fully saturated rings. The molecule has 7 heteroatoms. The van der Waals surface area contributed by atoms with Gasteiger partial charge < -0.3 is 29.5 Å². The summed E-state index contributed by atoms with van der Waals surface area (Å²) in [6.07, 6.45) is 5.12. The highest BCUT2D eigenvalue weighted by Gasteiger charge is 2.72. The largest absolute Gasteiger partial charge is 0.463 e. The minimum absolute atomic E-state index is 0.0791. The van der Waals surface area contributed by atoms with Crippen molar-refractivity contribution in [1.82, 2.24) is 0 Å². The van der Waals surface area contributed by atoms with E-state index in [1.807, 2.05) is 0 Å². The Balaban J connectivity index is 1.50. The van der Waals surface area contributed by atoms with Crippen molar-refractivity contribution in [3.63, 3.8) is 0 Å². The maximum atomic E-state index is 12.9. The summed E-state index contributed by atoms with van der Waals surface area (Å²) in [5.74, 6) is -3.76. The lowest BCUT2D eigenvalue weighted by Gasteiger charge is -2.58. The van der Waals surface area contributed by atoms with Gasteiger partial charge in [-0.25, -0.2) is 0 Å². The lowest BCUT2D eigenvalue weighted by atomic mass is 9.62. The standard InChI is InChI=1S/C22H32O7/c1-2-3-4-5-6-14-16-11-12-18-15(8-7-13(23)19(18)25)29-22(26)17(24)9-10-21(27-14,28-16)20(12)22/h12-14,16-17,20,23-24,26H,2-11H2,1H3. The molecule has 2 saturated heterocycles. The van der Waals surface area contributed by atoms with Gasteiger partial charge in [0.2, 0.25) is 5.79 Å². The molecule has 29 heavy (non-hydrogen) atoms. The van der Waals surface area contributed by atoms with E-state index in [4.69, 9.17) is 14.2 Å². The molecule has 0 aromatic carbocycles. The van der Waals surface area contributed by atoms with Crippen LogP contribution in [0.15, 0.2) is 11.3 Å². The average molecular weight is 408 g/mol. The van der Waals surface area contributed by atoms with E-state index >= 15 is 0 Å². The molecule has 8 atom stereocenters. The van der Waals surface area contributed by atoms with Crippen LogP contribution in [0.4, 0.5) is 0 Å². The molecular weight excluding hydrogens is 376 g/mol. The van der Waals surface area contributed by atoms with Gasteiger partial charge in [0.15, 0.2) is 11.6 Å². The van der Waals surface area contributed by atoms with Gasteiger partial charge in [-0.2, -0.15) is 0 Å². The summed E-state index contributed by atoms with van der Waals surface area (Å²) in [5.41, 5.74) is 0.487. The Bertz CT molecular complexity index is 720. The van der Waals surface area contributed by atoms with Crippen LogP contribution < -0.4 is 0 Å². The van der Waals surface area contributed by atoms with Crippen LogP contribution in [-0.2, 0) is 19.0 Å². The topological polar surface area (TPSA) is 105 Å². The van der Waals surface area contributed by atoms with Gasteiger partial charge in [0.25, 0.3) is 0 Å². The normalized spacial score (nSPS) is 48.2. The summed E-state index contributed by atoms with van der Waals surface area (Å²) >= 11 is 0. The number of carbonyl (C=O) groups excluding carboxylic acids is 1. The van der Waals surface area contributed by atoms with Crippen molar-refractivity contribution in [3.05, 3.63) is 11.3 Å². The molecule has 2 aliphatic carbocycles. The number of ether oxygens (including phenoxy) is 3. The molecule has 0 aromatic rings. The molecule has 162 valence electrons. The predicted molar refractivity (Wildman–Crippen MR) is 101 cm³/mol. The number of hydrogen-bond donors (Lipinski definition) is 3. The Morgan fingerprint density at radius 3 is 2.76 bits per heavy atom. The SMILES string of the molecule is CCCCCCC1OC23CCC(O)C4(O)OC5=C(C(=O)C(O)CC5)C(CC1O2)C34. The van der Waals surface area contributed by atoms with E-state index in [1.54, 1.807) is 0 Å². The van der Waals surface area contributed by atoms with Crippen molar-refractivity contribution in [2.45, 2.75) is 107 Å². The van der Waals surface area contributed by atoms with Crippen molar-refractivity contribution in [3.8, 4) is 0 Å². The van der Waals surface area contributed by atoms with Crippen molar-refractivity contribution >= 4 is 5.78 Å². The first-order chi connectivity index (χ1) is 13.9. The first-order valence-electron chi connectivity index (χ1n) is 11.3. The highest BCUT2D eigenvalue weighted by Crippen LogP contribution is 2.62. The van der Waals surface area contributed by atoms with E-state index < -0.39 is 29.7 Å². The fourth-order valence-electron chi connectivity index (χ4n) is 6.34. The summed E-state index contributed by atoms with van der Waals surface area (Å²) < 4.78 is 18.8. The molecule has 1 spiro atoms. The molecule has 5 aliphatic rings. The second-order valence-corrected chi connectivity index (χ2v) is 9.46. The number of fused-ring (bicyclic) bond motifs is 2. The van der Waals surface area contributed by atoms with Gasteiger partial charge in [0.1, 0.15) is 18.0 Å². The Morgan fingerprint density at radius 2 is 1.97 bits per heavy atom.